The molecule has 0 aromatic heterocycles. The van der Waals surface area contributed by atoms with E-state index in [0.29, 0.717) is 36.7 Å². The number of methoxy groups -OCH3 is 1. The van der Waals surface area contributed by atoms with Gasteiger partial charge in [0.15, 0.2) is 0 Å². The van der Waals surface area contributed by atoms with Gasteiger partial charge in [-0.2, -0.15) is 0 Å². The van der Waals surface area contributed by atoms with Crippen molar-refractivity contribution in [1.82, 2.24) is 5.32 Å². The highest BCUT2D eigenvalue weighted by molar-refractivity contribution is 6.02. The minimum Gasteiger partial charge on any atom is -0.383 e. The number of anilines is 2. The summed E-state index contributed by atoms with van der Waals surface area (Å²) in [5.41, 5.74) is 3.13. The smallest absolute Gasteiger partial charge is 0.253 e. The normalized spacial score (nSPS) is 15.3. The Morgan fingerprint density at radius 1 is 1.12 bits per heavy atom. The molecule has 1 saturated heterocycles. The van der Waals surface area contributed by atoms with Crippen LogP contribution in [-0.2, 0) is 9.53 Å². The minimum atomic E-state index is -0.238. The van der Waals surface area contributed by atoms with Crippen LogP contribution in [0.15, 0.2) is 48.5 Å². The van der Waals surface area contributed by atoms with Crippen LogP contribution in [-0.4, -0.2) is 45.2 Å². The van der Waals surface area contributed by atoms with Crippen LogP contribution in [0.3, 0.4) is 0 Å². The number of ether oxygens (including phenoxy) is 1. The maximum atomic E-state index is 13.0. The van der Waals surface area contributed by atoms with E-state index in [9.17, 15) is 9.59 Å². The minimum absolute atomic E-state index is 0.0658. The SMILES string of the molecule is CCC(C(=O)Nc1ccc(N2CCC(C)CC2)c(C(=O)NCCOC)c1)c1ccccc1. The van der Waals surface area contributed by atoms with Crippen LogP contribution in [0.4, 0.5) is 11.4 Å². The molecule has 3 rings (SSSR count). The third-order valence-corrected chi connectivity index (χ3v) is 6.15. The van der Waals surface area contributed by atoms with E-state index in [4.69, 9.17) is 4.74 Å². The Balaban J connectivity index is 1.82. The molecule has 0 radical (unpaired) electrons. The van der Waals surface area contributed by atoms with Crippen LogP contribution in [0.25, 0.3) is 0 Å². The molecule has 1 fully saturated rings. The molecule has 1 heterocycles. The molecular formula is C26H35N3O3. The molecule has 32 heavy (non-hydrogen) atoms. The fraction of sp³-hybridized carbons (Fsp3) is 0.462. The highest BCUT2D eigenvalue weighted by Gasteiger charge is 2.23. The van der Waals surface area contributed by atoms with Gasteiger partial charge < -0.3 is 20.3 Å². The quantitative estimate of drug-likeness (QED) is 0.570. The fourth-order valence-electron chi connectivity index (χ4n) is 4.17. The van der Waals surface area contributed by atoms with Gasteiger partial charge in [0.1, 0.15) is 0 Å². The lowest BCUT2D eigenvalue weighted by Crippen LogP contribution is -2.35. The standard InChI is InChI=1S/C26H35N3O3/c1-4-22(20-8-6-5-7-9-20)26(31)28-21-10-11-24(29-15-12-19(2)13-16-29)23(18-21)25(30)27-14-17-32-3/h5-11,18-19,22H,4,12-17H2,1-3H3,(H,27,30)(H,28,31). The van der Waals surface area contributed by atoms with Crippen molar-refractivity contribution in [2.75, 3.05) is 43.6 Å². The summed E-state index contributed by atoms with van der Waals surface area (Å²) in [6.45, 7) is 7.02. The third-order valence-electron chi connectivity index (χ3n) is 6.15. The van der Waals surface area contributed by atoms with Gasteiger partial charge in [-0.1, -0.05) is 44.2 Å². The van der Waals surface area contributed by atoms with Crippen molar-refractivity contribution >= 4 is 23.2 Å². The molecule has 1 atom stereocenters. The van der Waals surface area contributed by atoms with Crippen molar-refractivity contribution in [3.8, 4) is 0 Å². The first kappa shape index (κ1) is 23.8. The van der Waals surface area contributed by atoms with Crippen LogP contribution in [0, 0.1) is 5.92 Å². The molecule has 0 aliphatic carbocycles. The Morgan fingerprint density at radius 2 is 1.84 bits per heavy atom. The van der Waals surface area contributed by atoms with Crippen LogP contribution < -0.4 is 15.5 Å². The third kappa shape index (κ3) is 6.10. The number of hydrogen-bond donors (Lipinski definition) is 2. The number of nitrogens with one attached hydrogen (secondary N) is 2. The van der Waals surface area contributed by atoms with Gasteiger partial charge >= 0.3 is 0 Å². The highest BCUT2D eigenvalue weighted by atomic mass is 16.5. The van der Waals surface area contributed by atoms with Gasteiger partial charge in [0, 0.05) is 38.1 Å². The van der Waals surface area contributed by atoms with Gasteiger partial charge in [-0.3, -0.25) is 9.59 Å². The van der Waals surface area contributed by atoms with E-state index >= 15 is 0 Å². The van der Waals surface area contributed by atoms with E-state index in [-0.39, 0.29) is 17.7 Å². The maximum absolute atomic E-state index is 13.0. The summed E-state index contributed by atoms with van der Waals surface area (Å²) in [6.07, 6.45) is 2.92. The molecule has 6 nitrogen and oxygen atoms in total. The largest absolute Gasteiger partial charge is 0.383 e. The fourth-order valence-corrected chi connectivity index (χ4v) is 4.17. The van der Waals surface area contributed by atoms with Crippen molar-refractivity contribution < 1.29 is 14.3 Å². The Bertz CT molecular complexity index is 892. The summed E-state index contributed by atoms with van der Waals surface area (Å²) in [4.78, 5) is 28.3. The lowest BCUT2D eigenvalue weighted by molar-refractivity contribution is -0.117. The topological polar surface area (TPSA) is 70.7 Å². The second-order valence-electron chi connectivity index (χ2n) is 8.51. The molecule has 2 amide bonds. The number of benzene rings is 2. The zero-order valence-electron chi connectivity index (χ0n) is 19.4. The van der Waals surface area contributed by atoms with Gasteiger partial charge in [0.25, 0.3) is 5.91 Å². The second kappa shape index (κ2) is 11.7. The summed E-state index contributed by atoms with van der Waals surface area (Å²) >= 11 is 0. The molecule has 172 valence electrons. The molecule has 1 aliphatic rings. The first-order chi connectivity index (χ1) is 15.5. The lowest BCUT2D eigenvalue weighted by Gasteiger charge is -2.33. The number of nitrogens with zero attached hydrogens (tertiary/aromatic N) is 1. The number of carbonyl (C=O) groups is 2. The Labute approximate surface area is 191 Å². The summed E-state index contributed by atoms with van der Waals surface area (Å²) in [5, 5.41) is 5.95. The van der Waals surface area contributed by atoms with Crippen molar-refractivity contribution in [1.29, 1.82) is 0 Å². The van der Waals surface area contributed by atoms with E-state index in [2.05, 4.69) is 22.5 Å². The Kier molecular flexibility index (Phi) is 8.68. The van der Waals surface area contributed by atoms with Gasteiger partial charge in [0.2, 0.25) is 5.91 Å². The molecule has 2 aromatic rings. The molecule has 0 bridgehead atoms. The van der Waals surface area contributed by atoms with Gasteiger partial charge in [0.05, 0.1) is 18.1 Å². The molecular weight excluding hydrogens is 402 g/mol. The predicted octanol–water partition coefficient (Wildman–Crippen LogP) is 4.43. The molecule has 6 heteroatoms. The molecule has 0 spiro atoms. The van der Waals surface area contributed by atoms with Crippen LogP contribution >= 0.6 is 0 Å². The second-order valence-corrected chi connectivity index (χ2v) is 8.51. The molecule has 0 saturated carbocycles. The van der Waals surface area contributed by atoms with Crippen molar-refractivity contribution in [3.05, 3.63) is 59.7 Å². The number of amides is 2. The van der Waals surface area contributed by atoms with Gasteiger partial charge in [-0.25, -0.2) is 0 Å². The van der Waals surface area contributed by atoms with Crippen molar-refractivity contribution in [2.24, 2.45) is 5.92 Å². The van der Waals surface area contributed by atoms with Crippen molar-refractivity contribution in [2.45, 2.75) is 39.0 Å². The average molecular weight is 438 g/mol. The van der Waals surface area contributed by atoms with E-state index in [1.165, 1.54) is 0 Å². The first-order valence-electron chi connectivity index (χ1n) is 11.6. The summed E-state index contributed by atoms with van der Waals surface area (Å²) < 4.78 is 5.06. The van der Waals surface area contributed by atoms with Crippen LogP contribution in [0.1, 0.15) is 54.9 Å². The summed E-state index contributed by atoms with van der Waals surface area (Å²) in [5.74, 6) is 0.247. The highest BCUT2D eigenvalue weighted by Crippen LogP contribution is 2.29. The number of carbonyl (C=O) groups excluding carboxylic acids is 2. The molecule has 1 aliphatic heterocycles. The van der Waals surface area contributed by atoms with Gasteiger partial charge in [-0.15, -0.1) is 0 Å². The van der Waals surface area contributed by atoms with E-state index in [1.807, 2.05) is 49.4 Å². The van der Waals surface area contributed by atoms with E-state index in [1.54, 1.807) is 13.2 Å². The molecule has 2 aromatic carbocycles. The number of piperidine rings is 1. The lowest BCUT2D eigenvalue weighted by atomic mass is 9.95. The van der Waals surface area contributed by atoms with E-state index < -0.39 is 0 Å². The molecule has 1 unspecified atom stereocenters. The zero-order chi connectivity index (χ0) is 22.9. The van der Waals surface area contributed by atoms with Crippen molar-refractivity contribution in [3.63, 3.8) is 0 Å². The monoisotopic (exact) mass is 437 g/mol. The predicted molar refractivity (Wildman–Crippen MR) is 129 cm³/mol. The average Bonchev–Trinajstić information content (AvgIpc) is 2.81. The Morgan fingerprint density at radius 3 is 2.50 bits per heavy atom. The molecule has 2 N–H and O–H groups in total. The first-order valence-corrected chi connectivity index (χ1v) is 11.6. The number of hydrogen-bond acceptors (Lipinski definition) is 4. The van der Waals surface area contributed by atoms with Crippen LogP contribution in [0.5, 0.6) is 0 Å². The van der Waals surface area contributed by atoms with E-state index in [0.717, 1.165) is 37.2 Å². The Hall–Kier alpha value is -2.86. The number of rotatable bonds is 9. The van der Waals surface area contributed by atoms with Gasteiger partial charge in [-0.05, 0) is 48.9 Å². The zero-order valence-corrected chi connectivity index (χ0v) is 19.4. The maximum Gasteiger partial charge on any atom is 0.253 e. The van der Waals surface area contributed by atoms with Crippen LogP contribution in [0.2, 0.25) is 0 Å². The summed E-state index contributed by atoms with van der Waals surface area (Å²) in [6, 6.07) is 15.4. The summed E-state index contributed by atoms with van der Waals surface area (Å²) in [7, 11) is 1.61.